The van der Waals surface area contributed by atoms with Crippen molar-refractivity contribution in [2.75, 3.05) is 13.2 Å². The molecule has 0 atom stereocenters. The van der Waals surface area contributed by atoms with Crippen LogP contribution in [0.2, 0.25) is 0 Å². The van der Waals surface area contributed by atoms with Gasteiger partial charge in [-0.15, -0.1) is 0 Å². The molecule has 0 saturated carbocycles. The Morgan fingerprint density at radius 3 is 2.60 bits per heavy atom. The summed E-state index contributed by atoms with van der Waals surface area (Å²) >= 11 is 0. The number of ether oxygens (including phenoxy) is 1. The van der Waals surface area contributed by atoms with Crippen LogP contribution < -0.4 is 0 Å². The molecule has 1 aromatic carbocycles. The average molecular weight is 290 g/mol. The molecule has 0 fully saturated rings. The molecule has 0 amide bonds. The first-order valence-electron chi connectivity index (χ1n) is 6.43. The zero-order valence-electron chi connectivity index (χ0n) is 10.8. The fourth-order valence-corrected chi connectivity index (χ4v) is 4.24. The summed E-state index contributed by atoms with van der Waals surface area (Å²) in [6.45, 7) is 0.672. The van der Waals surface area contributed by atoms with Crippen molar-refractivity contribution in [1.29, 1.82) is 0 Å². The van der Waals surface area contributed by atoms with Crippen LogP contribution in [-0.2, 0) is 19.4 Å². The van der Waals surface area contributed by atoms with Gasteiger partial charge >= 0.3 is 0 Å². The van der Waals surface area contributed by atoms with E-state index >= 15 is 0 Å². The largest absolute Gasteiger partial charge is 0.376 e. The summed E-state index contributed by atoms with van der Waals surface area (Å²) in [7, 11) is -3.56. The SMILES string of the molecule is O=C1C=C2COCCC(S(=O)(=O)c3ccccc3)=C2C1. The van der Waals surface area contributed by atoms with E-state index in [4.69, 9.17) is 4.74 Å². The van der Waals surface area contributed by atoms with Crippen LogP contribution in [0.5, 0.6) is 0 Å². The zero-order valence-corrected chi connectivity index (χ0v) is 11.7. The number of hydrogen-bond donors (Lipinski definition) is 0. The third kappa shape index (κ3) is 2.23. The van der Waals surface area contributed by atoms with E-state index in [1.54, 1.807) is 30.3 Å². The van der Waals surface area contributed by atoms with E-state index in [-0.39, 0.29) is 17.1 Å². The molecule has 0 N–H and O–H groups in total. The lowest BCUT2D eigenvalue weighted by Crippen LogP contribution is -2.09. The van der Waals surface area contributed by atoms with Gasteiger partial charge in [0.2, 0.25) is 9.84 Å². The molecule has 1 aliphatic carbocycles. The number of carbonyl (C=O) groups is 1. The second kappa shape index (κ2) is 5.00. The van der Waals surface area contributed by atoms with Crippen molar-refractivity contribution in [2.24, 2.45) is 0 Å². The lowest BCUT2D eigenvalue weighted by atomic mass is 10.1. The number of rotatable bonds is 2. The van der Waals surface area contributed by atoms with E-state index in [0.717, 1.165) is 0 Å². The Morgan fingerprint density at radius 1 is 1.10 bits per heavy atom. The molecule has 0 saturated heterocycles. The van der Waals surface area contributed by atoms with Crippen LogP contribution in [-0.4, -0.2) is 27.4 Å². The maximum Gasteiger partial charge on any atom is 0.203 e. The summed E-state index contributed by atoms with van der Waals surface area (Å²) in [4.78, 5) is 12.2. The quantitative estimate of drug-likeness (QED) is 0.836. The van der Waals surface area contributed by atoms with Crippen LogP contribution in [0.25, 0.3) is 0 Å². The van der Waals surface area contributed by atoms with Gasteiger partial charge in [-0.3, -0.25) is 4.79 Å². The fraction of sp³-hybridized carbons (Fsp3) is 0.267. The van der Waals surface area contributed by atoms with Crippen LogP contribution >= 0.6 is 0 Å². The van der Waals surface area contributed by atoms with Crippen molar-refractivity contribution in [3.05, 3.63) is 52.5 Å². The number of benzene rings is 1. The monoisotopic (exact) mass is 290 g/mol. The van der Waals surface area contributed by atoms with E-state index in [1.807, 2.05) is 0 Å². The Labute approximate surface area is 117 Å². The number of hydrogen-bond acceptors (Lipinski definition) is 4. The summed E-state index contributed by atoms with van der Waals surface area (Å²) in [5, 5.41) is 0. The Kier molecular flexibility index (Phi) is 3.31. The Hall–Kier alpha value is -1.72. The van der Waals surface area contributed by atoms with Gasteiger partial charge in [0, 0.05) is 12.8 Å². The molecule has 2 aliphatic rings. The topological polar surface area (TPSA) is 60.4 Å². The Morgan fingerprint density at radius 2 is 1.85 bits per heavy atom. The molecule has 20 heavy (non-hydrogen) atoms. The van der Waals surface area contributed by atoms with Gasteiger partial charge in [-0.2, -0.15) is 0 Å². The van der Waals surface area contributed by atoms with E-state index in [1.165, 1.54) is 6.08 Å². The minimum atomic E-state index is -3.56. The van der Waals surface area contributed by atoms with Gasteiger partial charge in [-0.05, 0) is 29.4 Å². The fourth-order valence-electron chi connectivity index (χ4n) is 2.56. The normalized spacial score (nSPS) is 19.6. The third-order valence-corrected chi connectivity index (χ3v) is 5.51. The molecule has 0 aromatic heterocycles. The van der Waals surface area contributed by atoms with E-state index < -0.39 is 9.84 Å². The average Bonchev–Trinajstić information content (AvgIpc) is 2.68. The standard InChI is InChI=1S/C15H14O4S/c16-12-8-11-10-19-7-6-15(14(11)9-12)20(17,18)13-4-2-1-3-5-13/h1-5,8H,6-7,9-10H2. The lowest BCUT2D eigenvalue weighted by Gasteiger charge is -2.11. The predicted molar refractivity (Wildman–Crippen MR) is 73.8 cm³/mol. The van der Waals surface area contributed by atoms with Crippen molar-refractivity contribution in [1.82, 2.24) is 0 Å². The maximum absolute atomic E-state index is 12.7. The molecule has 1 aromatic rings. The number of allylic oxidation sites excluding steroid dienone is 1. The zero-order chi connectivity index (χ0) is 14.2. The van der Waals surface area contributed by atoms with Crippen LogP contribution in [0, 0.1) is 0 Å². The maximum atomic E-state index is 12.7. The first-order valence-corrected chi connectivity index (χ1v) is 7.91. The molecule has 4 nitrogen and oxygen atoms in total. The number of sulfone groups is 1. The van der Waals surface area contributed by atoms with Gasteiger partial charge in [0.1, 0.15) is 0 Å². The number of carbonyl (C=O) groups excluding carboxylic acids is 1. The summed E-state index contributed by atoms with van der Waals surface area (Å²) in [6.07, 6.45) is 1.98. The Balaban J connectivity index is 2.15. The number of ketones is 1. The molecular formula is C15H14O4S. The second-order valence-corrected chi connectivity index (χ2v) is 6.80. The van der Waals surface area contributed by atoms with E-state index in [0.29, 0.717) is 35.7 Å². The highest BCUT2D eigenvalue weighted by Crippen LogP contribution is 2.35. The van der Waals surface area contributed by atoms with Crippen molar-refractivity contribution >= 4 is 15.6 Å². The number of fused-ring (bicyclic) bond motifs is 1. The summed E-state index contributed by atoms with van der Waals surface area (Å²) in [5.74, 6) is -0.0544. The van der Waals surface area contributed by atoms with Gasteiger partial charge in [0.15, 0.2) is 5.78 Å². The molecule has 3 rings (SSSR count). The third-order valence-electron chi connectivity index (χ3n) is 3.52. The van der Waals surface area contributed by atoms with Crippen LogP contribution in [0.1, 0.15) is 12.8 Å². The van der Waals surface area contributed by atoms with Crippen molar-refractivity contribution in [3.8, 4) is 0 Å². The minimum absolute atomic E-state index is 0.0544. The molecular weight excluding hydrogens is 276 g/mol. The predicted octanol–water partition coefficient (Wildman–Crippen LogP) is 2.03. The summed E-state index contributed by atoms with van der Waals surface area (Å²) < 4.78 is 30.9. The van der Waals surface area contributed by atoms with Crippen LogP contribution in [0.4, 0.5) is 0 Å². The van der Waals surface area contributed by atoms with Gasteiger partial charge in [0.25, 0.3) is 0 Å². The highest BCUT2D eigenvalue weighted by atomic mass is 32.2. The van der Waals surface area contributed by atoms with Crippen molar-refractivity contribution in [2.45, 2.75) is 17.7 Å². The second-order valence-electron chi connectivity index (χ2n) is 4.83. The first kappa shape index (κ1) is 13.3. The Bertz CT molecular complexity index is 712. The minimum Gasteiger partial charge on any atom is -0.376 e. The van der Waals surface area contributed by atoms with E-state index in [9.17, 15) is 13.2 Å². The van der Waals surface area contributed by atoms with Gasteiger partial charge in [0.05, 0.1) is 23.0 Å². The molecule has 0 unspecified atom stereocenters. The smallest absolute Gasteiger partial charge is 0.203 e. The molecule has 5 heteroatoms. The van der Waals surface area contributed by atoms with Crippen LogP contribution in [0.3, 0.4) is 0 Å². The molecule has 1 heterocycles. The molecule has 1 aliphatic heterocycles. The first-order chi connectivity index (χ1) is 9.59. The highest BCUT2D eigenvalue weighted by molar-refractivity contribution is 7.95. The van der Waals surface area contributed by atoms with Crippen LogP contribution in [0.15, 0.2) is 57.4 Å². The van der Waals surface area contributed by atoms with Gasteiger partial charge in [-0.25, -0.2) is 8.42 Å². The van der Waals surface area contributed by atoms with Crippen molar-refractivity contribution < 1.29 is 17.9 Å². The van der Waals surface area contributed by atoms with Crippen molar-refractivity contribution in [3.63, 3.8) is 0 Å². The summed E-state index contributed by atoms with van der Waals surface area (Å²) in [6, 6.07) is 8.32. The van der Waals surface area contributed by atoms with Gasteiger partial charge < -0.3 is 4.74 Å². The molecule has 0 bridgehead atoms. The highest BCUT2D eigenvalue weighted by Gasteiger charge is 2.31. The molecule has 0 spiro atoms. The lowest BCUT2D eigenvalue weighted by molar-refractivity contribution is -0.113. The molecule has 104 valence electrons. The van der Waals surface area contributed by atoms with Gasteiger partial charge in [-0.1, -0.05) is 18.2 Å². The molecule has 0 radical (unpaired) electrons. The summed E-state index contributed by atoms with van der Waals surface area (Å²) in [5.41, 5.74) is 1.35. The van der Waals surface area contributed by atoms with E-state index in [2.05, 4.69) is 0 Å².